The molecule has 4 rings (SSSR count). The van der Waals surface area contributed by atoms with Crippen LogP contribution < -0.4 is 10.9 Å². The third kappa shape index (κ3) is 4.89. The highest BCUT2D eigenvalue weighted by atomic mass is 79.9. The van der Waals surface area contributed by atoms with Gasteiger partial charge in [0.1, 0.15) is 22.4 Å². The van der Waals surface area contributed by atoms with Crippen molar-refractivity contribution in [2.45, 2.75) is 26.5 Å². The molecule has 0 saturated heterocycles. The first-order chi connectivity index (χ1) is 15.8. The topological polar surface area (TPSA) is 90.3 Å². The Hall–Kier alpha value is -3.30. The van der Waals surface area contributed by atoms with Crippen molar-refractivity contribution < 1.29 is 14.3 Å². The second-order valence-corrected chi connectivity index (χ2v) is 9.34. The predicted molar refractivity (Wildman–Crippen MR) is 132 cm³/mol. The van der Waals surface area contributed by atoms with Gasteiger partial charge in [-0.25, -0.2) is 9.78 Å². The number of nitrogens with zero attached hydrogens (tertiary/aromatic N) is 2. The normalized spacial score (nSPS) is 11.8. The number of fused-ring (bicyclic) bond motifs is 1. The van der Waals surface area contributed by atoms with Gasteiger partial charge >= 0.3 is 5.97 Å². The van der Waals surface area contributed by atoms with Gasteiger partial charge in [-0.05, 0) is 49.2 Å². The molecule has 2 heterocycles. The van der Waals surface area contributed by atoms with Crippen molar-refractivity contribution in [2.24, 2.45) is 0 Å². The van der Waals surface area contributed by atoms with Crippen LogP contribution in [-0.4, -0.2) is 21.4 Å². The Balaban J connectivity index is 1.57. The van der Waals surface area contributed by atoms with Crippen LogP contribution in [0, 0.1) is 6.92 Å². The van der Waals surface area contributed by atoms with E-state index in [1.165, 1.54) is 10.9 Å². The van der Waals surface area contributed by atoms with E-state index in [0.29, 0.717) is 26.3 Å². The van der Waals surface area contributed by atoms with Crippen molar-refractivity contribution in [3.8, 4) is 0 Å². The summed E-state index contributed by atoms with van der Waals surface area (Å²) in [6, 6.07) is 15.7. The van der Waals surface area contributed by atoms with Gasteiger partial charge in [-0.2, -0.15) is 0 Å². The highest BCUT2D eigenvalue weighted by Crippen LogP contribution is 2.28. The second kappa shape index (κ2) is 9.68. The van der Waals surface area contributed by atoms with Crippen molar-refractivity contribution in [3.63, 3.8) is 0 Å². The summed E-state index contributed by atoms with van der Waals surface area (Å²) in [6.45, 7) is 3.45. The number of amides is 1. The van der Waals surface area contributed by atoms with Crippen LogP contribution in [0.3, 0.4) is 0 Å². The van der Waals surface area contributed by atoms with E-state index in [1.54, 1.807) is 26.0 Å². The van der Waals surface area contributed by atoms with Crippen LogP contribution in [0.2, 0.25) is 0 Å². The molecule has 0 aliphatic rings. The number of esters is 1. The minimum Gasteiger partial charge on any atom is -0.457 e. The molecule has 9 heteroatoms. The van der Waals surface area contributed by atoms with Gasteiger partial charge in [-0.3, -0.25) is 14.2 Å². The summed E-state index contributed by atoms with van der Waals surface area (Å²) >= 11 is 4.46. The summed E-state index contributed by atoms with van der Waals surface area (Å²) in [4.78, 5) is 43.7. The van der Waals surface area contributed by atoms with E-state index in [4.69, 9.17) is 4.74 Å². The molecule has 0 aliphatic heterocycles. The Morgan fingerprint density at radius 2 is 1.85 bits per heavy atom. The van der Waals surface area contributed by atoms with Crippen LogP contribution in [0.5, 0.6) is 0 Å². The minimum atomic E-state index is -0.800. The van der Waals surface area contributed by atoms with E-state index in [9.17, 15) is 14.4 Å². The fourth-order valence-corrected chi connectivity index (χ4v) is 4.60. The SMILES string of the molecule is Cc1c(C(=O)OCc2ccccc2)sc2ncn(C(C)C(=O)Nc3ccc(Br)cc3)c(=O)c12. The van der Waals surface area contributed by atoms with Crippen LogP contribution in [0.1, 0.15) is 33.8 Å². The van der Waals surface area contributed by atoms with Crippen molar-refractivity contribution in [2.75, 3.05) is 5.32 Å². The molecule has 2 aromatic carbocycles. The average Bonchev–Trinajstić information content (AvgIpc) is 3.16. The molecular weight excluding hydrogens is 506 g/mol. The maximum Gasteiger partial charge on any atom is 0.349 e. The lowest BCUT2D eigenvalue weighted by Gasteiger charge is -2.15. The van der Waals surface area contributed by atoms with Crippen LogP contribution in [0.4, 0.5) is 5.69 Å². The highest BCUT2D eigenvalue weighted by molar-refractivity contribution is 9.10. The van der Waals surface area contributed by atoms with E-state index in [0.717, 1.165) is 21.4 Å². The lowest BCUT2D eigenvalue weighted by molar-refractivity contribution is -0.118. The molecule has 0 radical (unpaired) electrons. The van der Waals surface area contributed by atoms with Gasteiger partial charge in [-0.1, -0.05) is 46.3 Å². The largest absolute Gasteiger partial charge is 0.457 e. The van der Waals surface area contributed by atoms with E-state index in [2.05, 4.69) is 26.2 Å². The summed E-state index contributed by atoms with van der Waals surface area (Å²) < 4.78 is 7.59. The number of benzene rings is 2. The maximum atomic E-state index is 13.2. The van der Waals surface area contributed by atoms with Gasteiger partial charge in [-0.15, -0.1) is 11.3 Å². The van der Waals surface area contributed by atoms with Crippen LogP contribution in [0.15, 0.2) is 70.2 Å². The number of halogens is 1. The van der Waals surface area contributed by atoms with Gasteiger partial charge in [0.05, 0.1) is 11.7 Å². The van der Waals surface area contributed by atoms with Crippen LogP contribution in [0.25, 0.3) is 10.2 Å². The molecule has 33 heavy (non-hydrogen) atoms. The van der Waals surface area contributed by atoms with Crippen LogP contribution >= 0.6 is 27.3 Å². The summed E-state index contributed by atoms with van der Waals surface area (Å²) in [6.07, 6.45) is 1.34. The smallest absolute Gasteiger partial charge is 0.349 e. The van der Waals surface area contributed by atoms with E-state index >= 15 is 0 Å². The number of carbonyl (C=O) groups excluding carboxylic acids is 2. The number of hydrogen-bond donors (Lipinski definition) is 1. The zero-order valence-electron chi connectivity index (χ0n) is 17.9. The number of ether oxygens (including phenoxy) is 1. The lowest BCUT2D eigenvalue weighted by Crippen LogP contribution is -2.31. The molecule has 1 N–H and O–H groups in total. The number of thiophene rings is 1. The van der Waals surface area contributed by atoms with Gasteiger partial charge in [0.25, 0.3) is 5.56 Å². The molecular formula is C24H20BrN3O4S. The summed E-state index contributed by atoms with van der Waals surface area (Å²) in [5, 5.41) is 3.11. The molecule has 1 amide bonds. The quantitative estimate of drug-likeness (QED) is 0.354. The number of aryl methyl sites for hydroxylation is 1. The Morgan fingerprint density at radius 3 is 2.55 bits per heavy atom. The van der Waals surface area contributed by atoms with Gasteiger partial charge in [0.2, 0.25) is 5.91 Å². The number of hydrogen-bond acceptors (Lipinski definition) is 6. The monoisotopic (exact) mass is 525 g/mol. The number of rotatable bonds is 6. The molecule has 0 fully saturated rings. The first kappa shape index (κ1) is 22.9. The predicted octanol–water partition coefficient (Wildman–Crippen LogP) is 5.09. The molecule has 7 nitrogen and oxygen atoms in total. The number of nitrogens with one attached hydrogen (secondary N) is 1. The zero-order chi connectivity index (χ0) is 23.5. The first-order valence-corrected chi connectivity index (χ1v) is 11.7. The van der Waals surface area contributed by atoms with Gasteiger partial charge in [0, 0.05) is 10.2 Å². The molecule has 1 unspecified atom stereocenters. The Morgan fingerprint density at radius 1 is 1.15 bits per heavy atom. The molecule has 0 bridgehead atoms. The Bertz CT molecular complexity index is 1380. The third-order valence-electron chi connectivity index (χ3n) is 5.18. The zero-order valence-corrected chi connectivity index (χ0v) is 20.3. The fraction of sp³-hybridized carbons (Fsp3) is 0.167. The Kier molecular flexibility index (Phi) is 6.71. The molecule has 0 aliphatic carbocycles. The first-order valence-electron chi connectivity index (χ1n) is 10.1. The average molecular weight is 526 g/mol. The Labute approximate surface area is 202 Å². The number of carbonyl (C=O) groups is 2. The van der Waals surface area contributed by atoms with Crippen molar-refractivity contribution >= 4 is 55.0 Å². The van der Waals surface area contributed by atoms with Crippen LogP contribution in [-0.2, 0) is 16.1 Å². The lowest BCUT2D eigenvalue weighted by atomic mass is 10.2. The minimum absolute atomic E-state index is 0.137. The molecule has 1 atom stereocenters. The fourth-order valence-electron chi connectivity index (χ4n) is 3.30. The van der Waals surface area contributed by atoms with Gasteiger partial charge in [0.15, 0.2) is 0 Å². The van der Waals surface area contributed by atoms with Crippen molar-refractivity contribution in [3.05, 3.63) is 91.8 Å². The molecule has 0 saturated carbocycles. The number of anilines is 1. The molecule has 2 aromatic heterocycles. The second-order valence-electron chi connectivity index (χ2n) is 7.43. The maximum absolute atomic E-state index is 13.2. The van der Waals surface area contributed by atoms with E-state index in [-0.39, 0.29) is 18.1 Å². The summed E-state index contributed by atoms with van der Waals surface area (Å²) in [5.74, 6) is -0.859. The van der Waals surface area contributed by atoms with Crippen molar-refractivity contribution in [1.82, 2.24) is 9.55 Å². The van der Waals surface area contributed by atoms with Crippen molar-refractivity contribution in [1.29, 1.82) is 0 Å². The summed E-state index contributed by atoms with van der Waals surface area (Å²) in [5.41, 5.74) is 1.61. The third-order valence-corrected chi connectivity index (χ3v) is 6.89. The molecule has 168 valence electrons. The van der Waals surface area contributed by atoms with E-state index in [1.807, 2.05) is 42.5 Å². The molecule has 4 aromatic rings. The summed E-state index contributed by atoms with van der Waals surface area (Å²) in [7, 11) is 0. The highest BCUT2D eigenvalue weighted by Gasteiger charge is 2.23. The van der Waals surface area contributed by atoms with Gasteiger partial charge < -0.3 is 10.1 Å². The molecule has 0 spiro atoms. The standard InChI is InChI=1S/C24H20BrN3O4S/c1-14-19-22(33-20(14)24(31)32-12-16-6-4-3-5-7-16)26-13-28(23(19)30)15(2)21(29)27-18-10-8-17(25)9-11-18/h3-11,13,15H,12H2,1-2H3,(H,27,29). The van der Waals surface area contributed by atoms with E-state index < -0.39 is 12.0 Å². The number of aromatic nitrogens is 2.